The van der Waals surface area contributed by atoms with Gasteiger partial charge in [-0.3, -0.25) is 0 Å². The van der Waals surface area contributed by atoms with E-state index in [1.165, 1.54) is 28.3 Å². The lowest BCUT2D eigenvalue weighted by Gasteiger charge is -2.25. The number of aromatic nitrogens is 1. The molecule has 158 valence electrons. The smallest absolute Gasteiger partial charge is 0.336 e. The third kappa shape index (κ3) is 4.15. The first-order valence-electron chi connectivity index (χ1n) is 9.56. The number of thioether (sulfide) groups is 1. The molecular formula is C21H22N2O5S2. The van der Waals surface area contributed by atoms with Crippen LogP contribution >= 0.6 is 11.8 Å². The van der Waals surface area contributed by atoms with Gasteiger partial charge in [0.25, 0.3) is 0 Å². The van der Waals surface area contributed by atoms with E-state index >= 15 is 0 Å². The largest absolute Gasteiger partial charge is 0.422 e. The van der Waals surface area contributed by atoms with Gasteiger partial charge in [-0.15, -0.1) is 11.8 Å². The molecule has 7 nitrogen and oxygen atoms in total. The molecule has 1 saturated heterocycles. The Balaban J connectivity index is 1.54. The molecule has 1 aliphatic heterocycles. The Morgan fingerprint density at radius 2 is 1.90 bits per heavy atom. The quantitative estimate of drug-likeness (QED) is 0.439. The topological polar surface area (TPSA) is 89.7 Å². The summed E-state index contributed by atoms with van der Waals surface area (Å²) in [6.07, 6.45) is 1.39. The van der Waals surface area contributed by atoms with Crippen LogP contribution in [0.5, 0.6) is 0 Å². The summed E-state index contributed by atoms with van der Waals surface area (Å²) in [4.78, 5) is 16.5. The lowest BCUT2D eigenvalue weighted by Crippen LogP contribution is -2.40. The van der Waals surface area contributed by atoms with Crippen LogP contribution in [0.2, 0.25) is 0 Å². The SMILES string of the molecule is Cc1ccc2c(CSc3ccc(S(=O)(=O)N4CCOCC4)cn3)cc(=O)oc2c1C. The van der Waals surface area contributed by atoms with Gasteiger partial charge in [-0.25, -0.2) is 18.2 Å². The molecule has 0 saturated carbocycles. The Labute approximate surface area is 179 Å². The fraction of sp³-hybridized carbons (Fsp3) is 0.333. The molecule has 0 aliphatic carbocycles. The summed E-state index contributed by atoms with van der Waals surface area (Å²) in [5, 5.41) is 1.58. The molecule has 0 N–H and O–H groups in total. The second-order valence-corrected chi connectivity index (χ2v) is 10.0. The summed E-state index contributed by atoms with van der Waals surface area (Å²) in [5.41, 5.74) is 3.10. The molecule has 4 rings (SSSR count). The van der Waals surface area contributed by atoms with Crippen LogP contribution in [0.1, 0.15) is 16.7 Å². The van der Waals surface area contributed by atoms with Crippen LogP contribution in [-0.2, 0) is 20.5 Å². The average Bonchev–Trinajstić information content (AvgIpc) is 2.76. The summed E-state index contributed by atoms with van der Waals surface area (Å²) < 4.78 is 37.5. The predicted molar refractivity (Wildman–Crippen MR) is 115 cm³/mol. The maximum absolute atomic E-state index is 12.7. The molecule has 1 aromatic carbocycles. The Bertz CT molecular complexity index is 1230. The standard InChI is InChI=1S/C21H22N2O5S2/c1-14-3-5-18-16(11-20(24)28-21(18)15(14)2)13-29-19-6-4-17(12-22-19)30(25,26)23-7-9-27-10-8-23/h3-6,11-12H,7-10,13H2,1-2H3. The van der Waals surface area contributed by atoms with E-state index in [-0.39, 0.29) is 10.5 Å². The maximum atomic E-state index is 12.7. The fourth-order valence-electron chi connectivity index (χ4n) is 3.34. The van der Waals surface area contributed by atoms with Crippen molar-refractivity contribution < 1.29 is 17.6 Å². The van der Waals surface area contributed by atoms with Crippen molar-refractivity contribution in [3.8, 4) is 0 Å². The fourth-order valence-corrected chi connectivity index (χ4v) is 5.52. The summed E-state index contributed by atoms with van der Waals surface area (Å²) in [6, 6.07) is 8.74. The molecule has 0 unspecified atom stereocenters. The van der Waals surface area contributed by atoms with Crippen molar-refractivity contribution in [2.45, 2.75) is 29.5 Å². The van der Waals surface area contributed by atoms with Gasteiger partial charge in [0.15, 0.2) is 0 Å². The molecule has 0 atom stereocenters. The lowest BCUT2D eigenvalue weighted by molar-refractivity contribution is 0.0730. The predicted octanol–water partition coefficient (Wildman–Crippen LogP) is 3.12. The van der Waals surface area contributed by atoms with Crippen LogP contribution in [0.3, 0.4) is 0 Å². The Morgan fingerprint density at radius 1 is 1.13 bits per heavy atom. The first-order valence-corrected chi connectivity index (χ1v) is 12.0. The highest BCUT2D eigenvalue weighted by Gasteiger charge is 2.26. The Morgan fingerprint density at radius 3 is 2.60 bits per heavy atom. The van der Waals surface area contributed by atoms with E-state index in [0.717, 1.165) is 22.1 Å². The van der Waals surface area contributed by atoms with Gasteiger partial charge in [-0.05, 0) is 42.7 Å². The highest BCUT2D eigenvalue weighted by Crippen LogP contribution is 2.28. The van der Waals surface area contributed by atoms with Crippen molar-refractivity contribution >= 4 is 32.8 Å². The Hall–Kier alpha value is -2.20. The first-order chi connectivity index (χ1) is 14.4. The second kappa shape index (κ2) is 8.50. The second-order valence-electron chi connectivity index (χ2n) is 7.11. The van der Waals surface area contributed by atoms with Crippen molar-refractivity contribution in [1.29, 1.82) is 0 Å². The number of fused-ring (bicyclic) bond motifs is 1. The highest BCUT2D eigenvalue weighted by atomic mass is 32.2. The van der Waals surface area contributed by atoms with Gasteiger partial charge in [0, 0.05) is 36.5 Å². The maximum Gasteiger partial charge on any atom is 0.336 e. The van der Waals surface area contributed by atoms with Crippen molar-refractivity contribution in [1.82, 2.24) is 9.29 Å². The zero-order valence-corrected chi connectivity index (χ0v) is 18.4. The van der Waals surface area contributed by atoms with Crippen LogP contribution < -0.4 is 5.63 Å². The van der Waals surface area contributed by atoms with Gasteiger partial charge in [0.05, 0.1) is 18.2 Å². The van der Waals surface area contributed by atoms with Crippen LogP contribution in [0, 0.1) is 13.8 Å². The number of hydrogen-bond donors (Lipinski definition) is 0. The van der Waals surface area contributed by atoms with E-state index in [0.29, 0.717) is 42.7 Å². The van der Waals surface area contributed by atoms with Gasteiger partial charge in [-0.2, -0.15) is 4.31 Å². The average molecular weight is 447 g/mol. The van der Waals surface area contributed by atoms with E-state index in [1.807, 2.05) is 26.0 Å². The minimum atomic E-state index is -3.56. The summed E-state index contributed by atoms with van der Waals surface area (Å²) in [7, 11) is -3.56. The van der Waals surface area contributed by atoms with Gasteiger partial charge in [-0.1, -0.05) is 12.1 Å². The number of ether oxygens (including phenoxy) is 1. The molecule has 2 aromatic heterocycles. The van der Waals surface area contributed by atoms with Gasteiger partial charge in [0.2, 0.25) is 10.0 Å². The monoisotopic (exact) mass is 446 g/mol. The van der Waals surface area contributed by atoms with Gasteiger partial charge in [0.1, 0.15) is 10.5 Å². The minimum absolute atomic E-state index is 0.172. The lowest BCUT2D eigenvalue weighted by atomic mass is 10.0. The van der Waals surface area contributed by atoms with Crippen LogP contribution in [0.4, 0.5) is 0 Å². The highest BCUT2D eigenvalue weighted by molar-refractivity contribution is 7.98. The van der Waals surface area contributed by atoms with E-state index in [2.05, 4.69) is 4.98 Å². The zero-order valence-electron chi connectivity index (χ0n) is 16.8. The third-order valence-electron chi connectivity index (χ3n) is 5.21. The number of morpholine rings is 1. The molecule has 9 heteroatoms. The number of nitrogens with zero attached hydrogens (tertiary/aromatic N) is 2. The molecule has 0 radical (unpaired) electrons. The molecule has 3 heterocycles. The van der Waals surface area contributed by atoms with Crippen molar-refractivity contribution in [3.63, 3.8) is 0 Å². The summed E-state index contributed by atoms with van der Waals surface area (Å²) in [6.45, 7) is 5.42. The normalized spacial score (nSPS) is 15.5. The van der Waals surface area contributed by atoms with Crippen LogP contribution in [0.25, 0.3) is 11.0 Å². The van der Waals surface area contributed by atoms with Gasteiger partial charge >= 0.3 is 5.63 Å². The number of sulfonamides is 1. The number of benzene rings is 1. The number of hydrogen-bond acceptors (Lipinski definition) is 7. The van der Waals surface area contributed by atoms with Crippen LogP contribution in [-0.4, -0.2) is 44.0 Å². The van der Waals surface area contributed by atoms with Crippen molar-refractivity contribution in [3.05, 3.63) is 63.6 Å². The number of pyridine rings is 1. The summed E-state index contributed by atoms with van der Waals surface area (Å²) in [5.74, 6) is 0.521. The van der Waals surface area contributed by atoms with E-state index in [1.54, 1.807) is 12.1 Å². The molecule has 3 aromatic rings. The first kappa shape index (κ1) is 21.0. The van der Waals surface area contributed by atoms with Crippen molar-refractivity contribution in [2.24, 2.45) is 0 Å². The van der Waals surface area contributed by atoms with Gasteiger partial charge < -0.3 is 9.15 Å². The molecular weight excluding hydrogens is 424 g/mol. The number of aryl methyl sites for hydroxylation is 2. The molecule has 30 heavy (non-hydrogen) atoms. The van der Waals surface area contributed by atoms with E-state index in [9.17, 15) is 13.2 Å². The minimum Gasteiger partial charge on any atom is -0.422 e. The molecule has 1 aliphatic rings. The third-order valence-corrected chi connectivity index (χ3v) is 8.08. The molecule has 0 bridgehead atoms. The Kier molecular flexibility index (Phi) is 5.97. The van der Waals surface area contributed by atoms with E-state index < -0.39 is 10.0 Å². The summed E-state index contributed by atoms with van der Waals surface area (Å²) >= 11 is 1.44. The molecule has 0 spiro atoms. The van der Waals surface area contributed by atoms with Crippen molar-refractivity contribution in [2.75, 3.05) is 26.3 Å². The van der Waals surface area contributed by atoms with Crippen LogP contribution in [0.15, 0.2) is 55.7 Å². The van der Waals surface area contributed by atoms with E-state index in [4.69, 9.17) is 9.15 Å². The molecule has 0 amide bonds. The zero-order chi connectivity index (χ0) is 21.3. The number of rotatable bonds is 5. The molecule has 1 fully saturated rings.